The van der Waals surface area contributed by atoms with Gasteiger partial charge < -0.3 is 25.2 Å². The standard InChI is InChI=1S/C29H32Cl2FN7O3/c1-5-27(40)36-20-12-21(24(41-4)13-23(20)38-10-8-17(15-38)37(2)3)35-25-14-26(34-16-33-25)39-22(9-11-42-39)18-6-7-19(30)28(31)29(18)32/h5-7,12-14,16-17,22H,1,8-11,15H2,2-4H3,(H,36,40)(H,33,34,35)/t17-,22-/m1/s1. The van der Waals surface area contributed by atoms with Crippen molar-refractivity contribution in [3.8, 4) is 5.75 Å². The van der Waals surface area contributed by atoms with Crippen LogP contribution >= 0.6 is 23.2 Å². The van der Waals surface area contributed by atoms with Gasteiger partial charge in [-0.1, -0.05) is 35.8 Å². The molecule has 2 aliphatic heterocycles. The first-order valence-electron chi connectivity index (χ1n) is 13.4. The zero-order valence-corrected chi connectivity index (χ0v) is 25.0. The smallest absolute Gasteiger partial charge is 0.247 e. The van der Waals surface area contributed by atoms with Gasteiger partial charge in [0.25, 0.3) is 0 Å². The van der Waals surface area contributed by atoms with Crippen LogP contribution in [0.5, 0.6) is 5.75 Å². The number of aromatic nitrogens is 2. The van der Waals surface area contributed by atoms with Gasteiger partial charge in [-0.3, -0.25) is 9.63 Å². The summed E-state index contributed by atoms with van der Waals surface area (Å²) in [6.07, 6.45) is 4.14. The predicted molar refractivity (Wildman–Crippen MR) is 164 cm³/mol. The van der Waals surface area contributed by atoms with Gasteiger partial charge in [-0.2, -0.15) is 0 Å². The van der Waals surface area contributed by atoms with Crippen molar-refractivity contribution < 1.29 is 18.8 Å². The van der Waals surface area contributed by atoms with Crippen molar-refractivity contribution in [3.05, 3.63) is 70.7 Å². The maximum atomic E-state index is 15.0. The summed E-state index contributed by atoms with van der Waals surface area (Å²) in [6.45, 7) is 5.60. The number of nitrogens with zero attached hydrogens (tertiary/aromatic N) is 5. The van der Waals surface area contributed by atoms with E-state index in [1.807, 2.05) is 6.07 Å². The maximum absolute atomic E-state index is 15.0. The molecule has 0 saturated carbocycles. The van der Waals surface area contributed by atoms with Crippen LogP contribution in [-0.2, 0) is 9.63 Å². The van der Waals surface area contributed by atoms with E-state index in [9.17, 15) is 4.79 Å². The van der Waals surface area contributed by atoms with Gasteiger partial charge in [-0.25, -0.2) is 19.4 Å². The highest BCUT2D eigenvalue weighted by molar-refractivity contribution is 6.42. The van der Waals surface area contributed by atoms with Crippen molar-refractivity contribution in [1.82, 2.24) is 14.9 Å². The van der Waals surface area contributed by atoms with E-state index in [-0.39, 0.29) is 16.0 Å². The number of rotatable bonds is 9. The van der Waals surface area contributed by atoms with E-state index < -0.39 is 11.9 Å². The molecule has 0 bridgehead atoms. The molecule has 10 nitrogen and oxygen atoms in total. The van der Waals surface area contributed by atoms with Crippen LogP contribution in [0.1, 0.15) is 24.4 Å². The highest BCUT2D eigenvalue weighted by Crippen LogP contribution is 2.41. The molecule has 2 fully saturated rings. The average molecular weight is 617 g/mol. The number of benzene rings is 2. The lowest BCUT2D eigenvalue weighted by atomic mass is 10.0. The number of carbonyl (C=O) groups is 1. The molecule has 0 unspecified atom stereocenters. The van der Waals surface area contributed by atoms with Gasteiger partial charge in [0, 0.05) is 43.2 Å². The Morgan fingerprint density at radius 3 is 2.74 bits per heavy atom. The third-order valence-corrected chi connectivity index (χ3v) is 8.25. The molecule has 42 heavy (non-hydrogen) atoms. The minimum absolute atomic E-state index is 0.132. The number of hydrogen-bond donors (Lipinski definition) is 2. The van der Waals surface area contributed by atoms with Crippen LogP contribution in [0, 0.1) is 5.82 Å². The van der Waals surface area contributed by atoms with Crippen LogP contribution in [0.15, 0.2) is 49.3 Å². The predicted octanol–water partition coefficient (Wildman–Crippen LogP) is 5.82. The molecule has 2 saturated heterocycles. The first-order valence-corrected chi connectivity index (χ1v) is 14.2. The summed E-state index contributed by atoms with van der Waals surface area (Å²) < 4.78 is 20.8. The molecular formula is C29H32Cl2FN7O3. The fraction of sp³-hybridized carbons (Fsp3) is 0.345. The minimum Gasteiger partial charge on any atom is -0.494 e. The summed E-state index contributed by atoms with van der Waals surface area (Å²) in [5.74, 6) is 0.494. The minimum atomic E-state index is -0.592. The normalized spacial score (nSPS) is 18.5. The summed E-state index contributed by atoms with van der Waals surface area (Å²) in [7, 11) is 5.71. The van der Waals surface area contributed by atoms with Crippen LogP contribution in [0.3, 0.4) is 0 Å². The molecule has 222 valence electrons. The third-order valence-electron chi connectivity index (χ3n) is 7.47. The van der Waals surface area contributed by atoms with Crippen LogP contribution in [0.2, 0.25) is 10.0 Å². The maximum Gasteiger partial charge on any atom is 0.247 e. The Morgan fingerprint density at radius 1 is 1.21 bits per heavy atom. The van der Waals surface area contributed by atoms with E-state index in [1.165, 1.54) is 12.4 Å². The summed E-state index contributed by atoms with van der Waals surface area (Å²) in [5.41, 5.74) is 2.38. The van der Waals surface area contributed by atoms with Gasteiger partial charge in [0.15, 0.2) is 5.82 Å². The monoisotopic (exact) mass is 615 g/mol. The molecule has 0 spiro atoms. The lowest BCUT2D eigenvalue weighted by Gasteiger charge is -2.26. The quantitative estimate of drug-likeness (QED) is 0.228. The van der Waals surface area contributed by atoms with E-state index in [2.05, 4.69) is 51.1 Å². The molecule has 3 aromatic rings. The Labute approximate surface area is 254 Å². The topological polar surface area (TPSA) is 95.1 Å². The van der Waals surface area contributed by atoms with Crippen LogP contribution in [0.4, 0.5) is 33.1 Å². The lowest BCUT2D eigenvalue weighted by Crippen LogP contribution is -2.31. The molecule has 5 rings (SSSR count). The van der Waals surface area contributed by atoms with Gasteiger partial charge in [-0.15, -0.1) is 0 Å². The molecule has 0 aliphatic carbocycles. The van der Waals surface area contributed by atoms with Crippen LogP contribution in [-0.4, -0.2) is 67.7 Å². The molecule has 2 N–H and O–H groups in total. The molecule has 13 heteroatoms. The van der Waals surface area contributed by atoms with Crippen molar-refractivity contribution in [1.29, 1.82) is 0 Å². The second-order valence-electron chi connectivity index (χ2n) is 10.2. The van der Waals surface area contributed by atoms with Crippen molar-refractivity contribution in [2.45, 2.75) is 24.9 Å². The number of carbonyl (C=O) groups excluding carboxylic acids is 1. The van der Waals surface area contributed by atoms with Crippen molar-refractivity contribution >= 4 is 57.8 Å². The zero-order valence-electron chi connectivity index (χ0n) is 23.5. The number of amides is 1. The molecule has 2 aliphatic rings. The number of halogens is 3. The number of likely N-dealkylation sites (N-methyl/N-ethyl adjacent to an activating group) is 1. The highest BCUT2D eigenvalue weighted by atomic mass is 35.5. The number of anilines is 5. The number of hydrogen-bond acceptors (Lipinski definition) is 9. The lowest BCUT2D eigenvalue weighted by molar-refractivity contribution is -0.111. The van der Waals surface area contributed by atoms with Crippen molar-refractivity contribution in [2.24, 2.45) is 0 Å². The second-order valence-corrected chi connectivity index (χ2v) is 11.0. The Balaban J connectivity index is 1.45. The fourth-order valence-corrected chi connectivity index (χ4v) is 5.53. The fourth-order valence-electron chi connectivity index (χ4n) is 5.21. The summed E-state index contributed by atoms with van der Waals surface area (Å²) in [5, 5.41) is 7.75. The summed E-state index contributed by atoms with van der Waals surface area (Å²) in [4.78, 5) is 31.4. The van der Waals surface area contributed by atoms with Gasteiger partial charge in [0.2, 0.25) is 5.91 Å². The van der Waals surface area contributed by atoms with Gasteiger partial charge in [0.1, 0.15) is 23.7 Å². The molecule has 2 aromatic carbocycles. The Morgan fingerprint density at radius 2 is 2.02 bits per heavy atom. The molecular weight excluding hydrogens is 584 g/mol. The first kappa shape index (κ1) is 29.8. The molecule has 1 aromatic heterocycles. The first-order chi connectivity index (χ1) is 20.2. The Kier molecular flexibility index (Phi) is 9.02. The highest BCUT2D eigenvalue weighted by Gasteiger charge is 2.32. The molecule has 2 atom stereocenters. The van der Waals surface area contributed by atoms with Crippen LogP contribution < -0.4 is 25.3 Å². The van der Waals surface area contributed by atoms with Gasteiger partial charge >= 0.3 is 0 Å². The summed E-state index contributed by atoms with van der Waals surface area (Å²) >= 11 is 12.1. The number of ether oxygens (including phenoxy) is 1. The zero-order chi connectivity index (χ0) is 30.0. The molecule has 3 heterocycles. The number of nitrogens with one attached hydrogen (secondary N) is 2. The summed E-state index contributed by atoms with van der Waals surface area (Å²) in [6, 6.07) is 8.48. The largest absolute Gasteiger partial charge is 0.494 e. The van der Waals surface area contributed by atoms with Crippen molar-refractivity contribution in [2.75, 3.05) is 61.5 Å². The van der Waals surface area contributed by atoms with Gasteiger partial charge in [-0.05, 0) is 38.7 Å². The van der Waals surface area contributed by atoms with E-state index in [0.29, 0.717) is 53.4 Å². The van der Waals surface area contributed by atoms with E-state index in [4.69, 9.17) is 32.8 Å². The second kappa shape index (κ2) is 12.7. The Hall–Kier alpha value is -3.64. The van der Waals surface area contributed by atoms with Crippen molar-refractivity contribution in [3.63, 3.8) is 0 Å². The molecule has 0 radical (unpaired) electrons. The number of hydroxylamine groups is 1. The number of methoxy groups -OCH3 is 1. The SMILES string of the molecule is C=CC(=O)Nc1cc(Nc2cc(N3OCC[C@@H]3c3ccc(Cl)c(Cl)c3F)ncn2)c(OC)cc1N1CC[C@@H](N(C)C)C1. The molecule has 1 amide bonds. The average Bonchev–Trinajstić information content (AvgIpc) is 3.67. The third kappa shape index (κ3) is 6.10. The van der Waals surface area contributed by atoms with E-state index in [1.54, 1.807) is 36.4 Å². The Bertz CT molecular complexity index is 1490. The van der Waals surface area contributed by atoms with Gasteiger partial charge in [0.05, 0.1) is 46.9 Å². The van der Waals surface area contributed by atoms with E-state index in [0.717, 1.165) is 25.2 Å². The van der Waals surface area contributed by atoms with Crippen LogP contribution in [0.25, 0.3) is 0 Å². The van der Waals surface area contributed by atoms with E-state index >= 15 is 4.39 Å².